The second-order valence-corrected chi connectivity index (χ2v) is 9.32. The van der Waals surface area contributed by atoms with Gasteiger partial charge in [-0.3, -0.25) is 9.59 Å². The summed E-state index contributed by atoms with van der Waals surface area (Å²) in [6.07, 6.45) is 25.3. The molecule has 2 N–H and O–H groups in total. The maximum absolute atomic E-state index is 11.9. The van der Waals surface area contributed by atoms with Crippen LogP contribution in [0.3, 0.4) is 0 Å². The molecule has 4 heteroatoms. The maximum atomic E-state index is 11.9. The molecule has 30 heavy (non-hydrogen) atoms. The van der Waals surface area contributed by atoms with Crippen LogP contribution < -0.4 is 0 Å². The zero-order valence-electron chi connectivity index (χ0n) is 19.4. The third-order valence-corrected chi connectivity index (χ3v) is 6.89. The fourth-order valence-corrected chi connectivity index (χ4v) is 4.84. The molecule has 0 heterocycles. The lowest BCUT2D eigenvalue weighted by atomic mass is 9.66. The van der Waals surface area contributed by atoms with Crippen LogP contribution in [0.1, 0.15) is 129 Å². The lowest BCUT2D eigenvalue weighted by Gasteiger charge is -2.36. The molecule has 0 saturated heterocycles. The Morgan fingerprint density at radius 2 is 1.17 bits per heavy atom. The van der Waals surface area contributed by atoms with Crippen LogP contribution in [-0.4, -0.2) is 22.2 Å². The summed E-state index contributed by atoms with van der Waals surface area (Å²) in [5.41, 5.74) is -1.11. The van der Waals surface area contributed by atoms with Gasteiger partial charge in [0.15, 0.2) is 0 Å². The first-order valence-corrected chi connectivity index (χ1v) is 12.7. The molecular weight excluding hydrogens is 376 g/mol. The van der Waals surface area contributed by atoms with Crippen molar-refractivity contribution in [2.45, 2.75) is 129 Å². The number of allylic oxidation sites excluding steroid dienone is 2. The van der Waals surface area contributed by atoms with Crippen molar-refractivity contribution >= 4 is 11.9 Å². The van der Waals surface area contributed by atoms with E-state index in [0.717, 1.165) is 19.3 Å². The van der Waals surface area contributed by atoms with Crippen molar-refractivity contribution < 1.29 is 19.8 Å². The van der Waals surface area contributed by atoms with Gasteiger partial charge in [0.05, 0.1) is 11.3 Å². The highest BCUT2D eigenvalue weighted by molar-refractivity contribution is 5.84. The fourth-order valence-electron chi connectivity index (χ4n) is 4.84. The van der Waals surface area contributed by atoms with Crippen LogP contribution in [0.15, 0.2) is 12.2 Å². The Morgan fingerprint density at radius 1 is 0.733 bits per heavy atom. The third kappa shape index (κ3) is 10.1. The zero-order chi connectivity index (χ0) is 22.1. The summed E-state index contributed by atoms with van der Waals surface area (Å²) in [6.45, 7) is 2.26. The summed E-state index contributed by atoms with van der Waals surface area (Å²) in [6, 6.07) is 0. The SMILES string of the molecule is CCCCCCCCCCCCCCCCCCC1(C(=O)O)CC=CCC1C(=O)O. The van der Waals surface area contributed by atoms with E-state index in [0.29, 0.717) is 19.3 Å². The molecule has 0 fully saturated rings. The van der Waals surface area contributed by atoms with Gasteiger partial charge in [-0.15, -0.1) is 0 Å². The van der Waals surface area contributed by atoms with Gasteiger partial charge in [-0.2, -0.15) is 0 Å². The van der Waals surface area contributed by atoms with Crippen LogP contribution >= 0.6 is 0 Å². The van der Waals surface area contributed by atoms with E-state index in [9.17, 15) is 19.8 Å². The van der Waals surface area contributed by atoms with Gasteiger partial charge in [0.1, 0.15) is 0 Å². The molecule has 2 atom stereocenters. The highest BCUT2D eigenvalue weighted by Crippen LogP contribution is 2.43. The van der Waals surface area contributed by atoms with Crippen molar-refractivity contribution in [1.29, 1.82) is 0 Å². The van der Waals surface area contributed by atoms with E-state index in [2.05, 4.69) is 6.92 Å². The van der Waals surface area contributed by atoms with E-state index in [1.807, 2.05) is 12.2 Å². The molecule has 1 aliphatic carbocycles. The highest BCUT2D eigenvalue weighted by atomic mass is 16.4. The Hall–Kier alpha value is -1.32. The lowest BCUT2D eigenvalue weighted by molar-refractivity contribution is -0.163. The molecule has 0 aromatic rings. The third-order valence-electron chi connectivity index (χ3n) is 6.89. The summed E-state index contributed by atoms with van der Waals surface area (Å²) < 4.78 is 0. The minimum absolute atomic E-state index is 0.334. The minimum atomic E-state index is -1.11. The van der Waals surface area contributed by atoms with Gasteiger partial charge in [-0.25, -0.2) is 0 Å². The molecule has 0 aromatic carbocycles. The van der Waals surface area contributed by atoms with Crippen LogP contribution in [0.25, 0.3) is 0 Å². The maximum Gasteiger partial charge on any atom is 0.310 e. The number of aliphatic carboxylic acids is 2. The van der Waals surface area contributed by atoms with Crippen molar-refractivity contribution in [3.05, 3.63) is 12.2 Å². The number of hydrogen-bond acceptors (Lipinski definition) is 2. The first-order chi connectivity index (χ1) is 14.5. The number of unbranched alkanes of at least 4 members (excludes halogenated alkanes) is 15. The van der Waals surface area contributed by atoms with Crippen LogP contribution in [0.4, 0.5) is 0 Å². The van der Waals surface area contributed by atoms with Crippen LogP contribution in [0.5, 0.6) is 0 Å². The average Bonchev–Trinajstić information content (AvgIpc) is 2.73. The van der Waals surface area contributed by atoms with Gasteiger partial charge >= 0.3 is 11.9 Å². The molecule has 0 aromatic heterocycles. The zero-order valence-corrected chi connectivity index (χ0v) is 19.4. The molecular formula is C26H46O4. The van der Waals surface area contributed by atoms with Gasteiger partial charge in [0.25, 0.3) is 0 Å². The predicted octanol–water partition coefficient (Wildman–Crippen LogP) is 7.76. The number of carboxylic acid groups (broad SMARTS) is 2. The first kappa shape index (κ1) is 26.7. The molecule has 1 rings (SSSR count). The second-order valence-electron chi connectivity index (χ2n) is 9.32. The van der Waals surface area contributed by atoms with Crippen molar-refractivity contribution in [2.75, 3.05) is 0 Å². The molecule has 0 radical (unpaired) electrons. The lowest BCUT2D eigenvalue weighted by Crippen LogP contribution is -2.43. The summed E-state index contributed by atoms with van der Waals surface area (Å²) in [5.74, 6) is -2.71. The summed E-state index contributed by atoms with van der Waals surface area (Å²) >= 11 is 0. The predicted molar refractivity (Wildman–Crippen MR) is 124 cm³/mol. The molecule has 2 unspecified atom stereocenters. The van der Waals surface area contributed by atoms with E-state index >= 15 is 0 Å². The van der Waals surface area contributed by atoms with Crippen LogP contribution in [0.2, 0.25) is 0 Å². The number of carboxylic acids is 2. The van der Waals surface area contributed by atoms with Crippen molar-refractivity contribution in [3.8, 4) is 0 Å². The number of carbonyl (C=O) groups is 2. The normalized spacial score (nSPS) is 21.0. The molecule has 174 valence electrons. The quantitative estimate of drug-likeness (QED) is 0.165. The molecule has 4 nitrogen and oxygen atoms in total. The molecule has 0 amide bonds. The Labute approximate surface area is 184 Å². The molecule has 1 aliphatic rings. The van der Waals surface area contributed by atoms with E-state index in [1.165, 1.54) is 83.5 Å². The molecule has 0 spiro atoms. The van der Waals surface area contributed by atoms with Gasteiger partial charge in [0.2, 0.25) is 0 Å². The van der Waals surface area contributed by atoms with Crippen LogP contribution in [-0.2, 0) is 9.59 Å². The highest BCUT2D eigenvalue weighted by Gasteiger charge is 2.48. The summed E-state index contributed by atoms with van der Waals surface area (Å²) in [7, 11) is 0. The largest absolute Gasteiger partial charge is 0.481 e. The van der Waals surface area contributed by atoms with Crippen molar-refractivity contribution in [3.63, 3.8) is 0 Å². The fraction of sp³-hybridized carbons (Fsp3) is 0.846. The number of rotatable bonds is 19. The Kier molecular flexibility index (Phi) is 14.6. The summed E-state index contributed by atoms with van der Waals surface area (Å²) in [5, 5.41) is 19.2. The molecule has 0 saturated carbocycles. The van der Waals surface area contributed by atoms with E-state index < -0.39 is 23.3 Å². The van der Waals surface area contributed by atoms with Crippen LogP contribution in [0, 0.1) is 11.3 Å². The molecule has 0 bridgehead atoms. The second kappa shape index (κ2) is 16.4. The summed E-state index contributed by atoms with van der Waals surface area (Å²) in [4.78, 5) is 23.4. The Balaban J connectivity index is 2.02. The van der Waals surface area contributed by atoms with E-state index in [-0.39, 0.29) is 0 Å². The number of hydrogen-bond donors (Lipinski definition) is 2. The topological polar surface area (TPSA) is 74.6 Å². The van der Waals surface area contributed by atoms with E-state index in [1.54, 1.807) is 0 Å². The average molecular weight is 423 g/mol. The molecule has 0 aliphatic heterocycles. The smallest absolute Gasteiger partial charge is 0.310 e. The van der Waals surface area contributed by atoms with Crippen molar-refractivity contribution in [2.24, 2.45) is 11.3 Å². The van der Waals surface area contributed by atoms with Gasteiger partial charge < -0.3 is 10.2 Å². The van der Waals surface area contributed by atoms with Gasteiger partial charge in [-0.05, 0) is 19.3 Å². The van der Waals surface area contributed by atoms with E-state index in [4.69, 9.17) is 0 Å². The Bertz CT molecular complexity index is 499. The van der Waals surface area contributed by atoms with Gasteiger partial charge in [0, 0.05) is 0 Å². The monoisotopic (exact) mass is 422 g/mol. The standard InChI is InChI=1S/C26H46O4/c1-2-3-4-5-6-7-8-9-10-11-12-13-14-15-16-18-21-26(25(29)30)22-19-17-20-23(26)24(27)28/h17,19,23H,2-16,18,20-22H2,1H3,(H,27,28)(H,29,30). The minimum Gasteiger partial charge on any atom is -0.481 e. The van der Waals surface area contributed by atoms with Crippen molar-refractivity contribution in [1.82, 2.24) is 0 Å². The first-order valence-electron chi connectivity index (χ1n) is 12.7. The van der Waals surface area contributed by atoms with Gasteiger partial charge in [-0.1, -0.05) is 122 Å². The Morgan fingerprint density at radius 3 is 1.57 bits per heavy atom.